The van der Waals surface area contributed by atoms with E-state index in [1.807, 2.05) is 37.3 Å². The smallest absolute Gasteiger partial charge is 0.331 e. The molecule has 0 aromatic heterocycles. The molecule has 0 radical (unpaired) electrons. The third-order valence-electron chi connectivity index (χ3n) is 3.84. The number of carboxylic acid groups (broad SMARTS) is 1. The highest BCUT2D eigenvalue weighted by atomic mass is 16.7. The lowest BCUT2D eigenvalue weighted by molar-refractivity contribution is -0.138. The summed E-state index contributed by atoms with van der Waals surface area (Å²) in [4.78, 5) is 10.6. The van der Waals surface area contributed by atoms with Crippen LogP contribution in [0.3, 0.4) is 0 Å². The molecule has 0 heterocycles. The molecule has 1 atom stereocenters. The molecule has 0 saturated heterocycles. The first-order chi connectivity index (χ1) is 15.8. The second-order valence-electron chi connectivity index (χ2n) is 7.13. The summed E-state index contributed by atoms with van der Waals surface area (Å²) in [5, 5.41) is 31.4. The Balaban J connectivity index is -0.000000860. The van der Waals surface area contributed by atoms with Gasteiger partial charge in [0.1, 0.15) is 5.75 Å². The zero-order valence-corrected chi connectivity index (χ0v) is 21.3. The molecule has 194 valence electrons. The van der Waals surface area contributed by atoms with Crippen molar-refractivity contribution < 1.29 is 34.7 Å². The molecule has 0 aliphatic rings. The molecule has 33 heavy (non-hydrogen) atoms. The number of hydrogen-bond acceptors (Lipinski definition) is 6. The molecule has 1 rings (SSSR count). The zero-order chi connectivity index (χ0) is 25.8. The van der Waals surface area contributed by atoms with Gasteiger partial charge in [0.25, 0.3) is 0 Å². The largest absolute Gasteiger partial charge is 0.478 e. The predicted molar refractivity (Wildman–Crippen MR) is 134 cm³/mol. The molecule has 0 amide bonds. The van der Waals surface area contributed by atoms with Crippen LogP contribution < -0.4 is 4.74 Å². The highest BCUT2D eigenvalue weighted by Crippen LogP contribution is 2.25. The number of para-hydroxylation sites is 1. The van der Waals surface area contributed by atoms with E-state index in [0.717, 1.165) is 18.9 Å². The molecule has 7 nitrogen and oxygen atoms in total. The number of carboxylic acids is 1. The van der Waals surface area contributed by atoms with Crippen molar-refractivity contribution in [2.75, 3.05) is 19.8 Å². The standard InChI is InChI=1S/C20H30O4.3C2H6O/c1-3-4-5-6-7-8-12-16-20(2,23-17-15-19(21)22)24-18-13-10-9-11-14-18;3*1-2-3/h9-11,13-15,17H,3-8,12,16H2,1-2H3,(H,21,22);3*3H,2H2,1H3. The second-order valence-corrected chi connectivity index (χ2v) is 7.13. The maximum Gasteiger partial charge on any atom is 0.331 e. The maximum atomic E-state index is 10.6. The van der Waals surface area contributed by atoms with Crippen LogP contribution in [0, 0.1) is 0 Å². The average Bonchev–Trinajstić information content (AvgIpc) is 2.75. The number of unbranched alkanes of at least 4 members (excludes halogenated alkanes) is 6. The fourth-order valence-electron chi connectivity index (χ4n) is 2.51. The van der Waals surface area contributed by atoms with Crippen LogP contribution in [0.15, 0.2) is 42.7 Å². The van der Waals surface area contributed by atoms with Crippen molar-refractivity contribution in [3.05, 3.63) is 42.7 Å². The average molecular weight is 473 g/mol. The van der Waals surface area contributed by atoms with E-state index in [4.69, 9.17) is 29.9 Å². The minimum absolute atomic E-state index is 0.250. The van der Waals surface area contributed by atoms with Gasteiger partial charge >= 0.3 is 5.97 Å². The third-order valence-corrected chi connectivity index (χ3v) is 3.84. The molecule has 0 saturated carbocycles. The third kappa shape index (κ3) is 29.9. The van der Waals surface area contributed by atoms with E-state index in [0.29, 0.717) is 12.2 Å². The lowest BCUT2D eigenvalue weighted by Gasteiger charge is -2.30. The van der Waals surface area contributed by atoms with Crippen LogP contribution in [0.2, 0.25) is 0 Å². The Morgan fingerprint density at radius 2 is 1.30 bits per heavy atom. The number of carbonyl (C=O) groups is 1. The van der Waals surface area contributed by atoms with Crippen LogP contribution in [-0.4, -0.2) is 52.0 Å². The highest BCUT2D eigenvalue weighted by Gasteiger charge is 2.26. The van der Waals surface area contributed by atoms with Crippen LogP contribution in [0.4, 0.5) is 0 Å². The molecular weight excluding hydrogens is 424 g/mol. The normalized spacial score (nSPS) is 11.5. The quantitative estimate of drug-likeness (QED) is 0.129. The fourth-order valence-corrected chi connectivity index (χ4v) is 2.51. The molecule has 7 heteroatoms. The maximum absolute atomic E-state index is 10.6. The van der Waals surface area contributed by atoms with Crippen molar-refractivity contribution in [3.63, 3.8) is 0 Å². The summed E-state index contributed by atoms with van der Waals surface area (Å²) < 4.78 is 11.6. The van der Waals surface area contributed by atoms with E-state index in [1.54, 1.807) is 20.8 Å². The number of rotatable bonds is 13. The summed E-state index contributed by atoms with van der Waals surface area (Å²) >= 11 is 0. The van der Waals surface area contributed by atoms with Crippen molar-refractivity contribution in [1.82, 2.24) is 0 Å². The lowest BCUT2D eigenvalue weighted by atomic mass is 10.1. The van der Waals surface area contributed by atoms with E-state index in [1.165, 1.54) is 38.4 Å². The van der Waals surface area contributed by atoms with Gasteiger partial charge in [0.05, 0.1) is 12.3 Å². The van der Waals surface area contributed by atoms with Crippen molar-refractivity contribution in [3.8, 4) is 5.75 Å². The predicted octanol–water partition coefficient (Wildman–Crippen LogP) is 5.53. The lowest BCUT2D eigenvalue weighted by Crippen LogP contribution is -2.34. The number of hydrogen-bond donors (Lipinski definition) is 4. The zero-order valence-electron chi connectivity index (χ0n) is 21.3. The first-order valence-electron chi connectivity index (χ1n) is 11.9. The number of benzene rings is 1. The number of aliphatic hydroxyl groups is 3. The summed E-state index contributed by atoms with van der Waals surface area (Å²) in [6.07, 6.45) is 11.3. The molecule has 1 unspecified atom stereocenters. The first-order valence-corrected chi connectivity index (χ1v) is 11.9. The molecule has 0 fully saturated rings. The summed E-state index contributed by atoms with van der Waals surface area (Å²) in [6, 6.07) is 9.46. The first kappa shape index (κ1) is 35.5. The molecule has 0 aliphatic carbocycles. The van der Waals surface area contributed by atoms with Gasteiger partial charge in [0.15, 0.2) is 0 Å². The number of ether oxygens (including phenoxy) is 2. The van der Waals surface area contributed by atoms with E-state index in [9.17, 15) is 4.79 Å². The van der Waals surface area contributed by atoms with Gasteiger partial charge < -0.3 is 29.9 Å². The molecule has 0 spiro atoms. The van der Waals surface area contributed by atoms with Crippen molar-refractivity contribution in [2.24, 2.45) is 0 Å². The molecule has 4 N–H and O–H groups in total. The Labute approximate surface area is 201 Å². The van der Waals surface area contributed by atoms with Crippen LogP contribution in [-0.2, 0) is 9.53 Å². The SMILES string of the molecule is CCCCCCCCCC(C)(OC=CC(=O)O)Oc1ccccc1.CCO.CCO.CCO. The Morgan fingerprint density at radius 3 is 1.76 bits per heavy atom. The number of aliphatic hydroxyl groups excluding tert-OH is 3. The Morgan fingerprint density at radius 1 is 0.848 bits per heavy atom. The van der Waals surface area contributed by atoms with E-state index < -0.39 is 11.8 Å². The molecule has 1 aromatic rings. The minimum atomic E-state index is -1.03. The number of aliphatic carboxylic acids is 1. The molecule has 1 aromatic carbocycles. The van der Waals surface area contributed by atoms with Gasteiger partial charge in [0.2, 0.25) is 5.79 Å². The van der Waals surface area contributed by atoms with Gasteiger partial charge in [-0.15, -0.1) is 0 Å². The molecule has 0 aliphatic heterocycles. The molecular formula is C26H48O7. The van der Waals surface area contributed by atoms with Gasteiger partial charge in [-0.2, -0.15) is 0 Å². The van der Waals surface area contributed by atoms with Gasteiger partial charge in [-0.3, -0.25) is 0 Å². The summed E-state index contributed by atoms with van der Waals surface area (Å²) in [5.74, 6) is -1.18. The van der Waals surface area contributed by atoms with Gasteiger partial charge in [0, 0.05) is 33.2 Å². The van der Waals surface area contributed by atoms with E-state index in [2.05, 4.69) is 6.92 Å². The minimum Gasteiger partial charge on any atom is -0.478 e. The molecule has 0 bridgehead atoms. The Kier molecular flexibility index (Phi) is 30.1. The van der Waals surface area contributed by atoms with Crippen molar-refractivity contribution >= 4 is 5.97 Å². The summed E-state index contributed by atoms with van der Waals surface area (Å²) in [6.45, 7) is 9.86. The van der Waals surface area contributed by atoms with Gasteiger partial charge in [-0.25, -0.2) is 4.79 Å². The topological polar surface area (TPSA) is 116 Å². The van der Waals surface area contributed by atoms with E-state index >= 15 is 0 Å². The van der Waals surface area contributed by atoms with E-state index in [-0.39, 0.29) is 19.8 Å². The fraction of sp³-hybridized carbons (Fsp3) is 0.654. The highest BCUT2D eigenvalue weighted by molar-refractivity contribution is 5.79. The Bertz CT molecular complexity index is 530. The summed E-state index contributed by atoms with van der Waals surface area (Å²) in [5.41, 5.74) is 0. The van der Waals surface area contributed by atoms with Gasteiger partial charge in [-0.1, -0.05) is 63.6 Å². The van der Waals surface area contributed by atoms with Crippen molar-refractivity contribution in [2.45, 2.75) is 91.8 Å². The van der Waals surface area contributed by atoms with Crippen molar-refractivity contribution in [1.29, 1.82) is 0 Å². The Hall–Kier alpha value is -2.09. The van der Waals surface area contributed by atoms with Crippen LogP contribution in [0.25, 0.3) is 0 Å². The summed E-state index contributed by atoms with van der Waals surface area (Å²) in [7, 11) is 0. The van der Waals surface area contributed by atoms with Crippen LogP contribution >= 0.6 is 0 Å². The second kappa shape index (κ2) is 27.9. The van der Waals surface area contributed by atoms with Crippen LogP contribution in [0.5, 0.6) is 5.75 Å². The monoisotopic (exact) mass is 472 g/mol. The van der Waals surface area contributed by atoms with Gasteiger partial charge in [-0.05, 0) is 39.3 Å². The van der Waals surface area contributed by atoms with Crippen LogP contribution in [0.1, 0.15) is 86.0 Å².